The van der Waals surface area contributed by atoms with E-state index in [4.69, 9.17) is 14.2 Å². The monoisotopic (exact) mass is 809 g/mol. The standard InChI is InChI=1S/C51H84O7/c1-8-10-11-12-13-14-15-16-17-18-19-20-21-22-45(52)56-34-44-46(53)47(54)48(55)49(58-44)57-39-29-31-50(6)38(33-39)25-26-40-42-28-27-41(51(42,7)32-30-43(40)50)36(5)23-24-37(9-2)35(3)4/h13-14,16-17,23-25,35-37,39-44,46-49,53-55H,8-12,15,18-22,26-34H2,1-7H3/b14-13-,17-16-,24-23+/t36-,37-,39+,40+,41-,42+,43+,44?,46-,47?,48?,49-,50+,51-/m1/s1. The lowest BCUT2D eigenvalue weighted by Gasteiger charge is -2.58. The van der Waals surface area contributed by atoms with Gasteiger partial charge < -0.3 is 29.5 Å². The molecule has 3 unspecified atom stereocenters. The highest BCUT2D eigenvalue weighted by molar-refractivity contribution is 5.69. The second-order valence-electron chi connectivity index (χ2n) is 20.0. The Morgan fingerprint density at radius 3 is 2.31 bits per heavy atom. The van der Waals surface area contributed by atoms with E-state index >= 15 is 0 Å². The van der Waals surface area contributed by atoms with Crippen LogP contribution in [0.4, 0.5) is 0 Å². The Morgan fingerprint density at radius 2 is 1.60 bits per heavy atom. The Bertz CT molecular complexity index is 1380. The molecular formula is C51H84O7. The second kappa shape index (κ2) is 22.4. The van der Waals surface area contributed by atoms with Crippen LogP contribution in [0, 0.1) is 52.3 Å². The molecule has 0 aromatic rings. The van der Waals surface area contributed by atoms with Crippen molar-refractivity contribution in [3.63, 3.8) is 0 Å². The number of carbonyl (C=O) groups excluding carboxylic acids is 1. The van der Waals surface area contributed by atoms with Gasteiger partial charge in [0.25, 0.3) is 0 Å². The molecule has 4 fully saturated rings. The fraction of sp³-hybridized carbons (Fsp3) is 0.824. The number of hydrogen-bond donors (Lipinski definition) is 3. The Balaban J connectivity index is 1.07. The number of ether oxygens (including phenoxy) is 3. The van der Waals surface area contributed by atoms with Gasteiger partial charge >= 0.3 is 5.97 Å². The van der Waals surface area contributed by atoms with Crippen LogP contribution >= 0.6 is 0 Å². The maximum Gasteiger partial charge on any atom is 0.305 e. The van der Waals surface area contributed by atoms with Crippen LogP contribution in [0.1, 0.15) is 170 Å². The SMILES string of the molecule is CCCCC/C=C\C/C=C\CCCCCC(=O)OCC1O[C@@H](O[C@H]2CC[C@@]3(C)C(=CC[C@H]4[C@@H]5CC[C@H]([C@H](C)/C=C/[C@@H](CC)C(C)C)[C@@]5(C)CC[C@@H]43)C2)C(O)C(O)[C@@H]1O. The highest BCUT2D eigenvalue weighted by Crippen LogP contribution is 2.67. The summed E-state index contributed by atoms with van der Waals surface area (Å²) in [5.41, 5.74) is 2.04. The first-order valence-corrected chi connectivity index (χ1v) is 24.0. The Hall–Kier alpha value is -1.77. The zero-order chi connectivity index (χ0) is 41.9. The Labute approximate surface area is 353 Å². The van der Waals surface area contributed by atoms with Crippen LogP contribution in [0.25, 0.3) is 0 Å². The number of esters is 1. The lowest BCUT2D eigenvalue weighted by molar-refractivity contribution is -0.313. The lowest BCUT2D eigenvalue weighted by atomic mass is 9.47. The van der Waals surface area contributed by atoms with E-state index in [9.17, 15) is 20.1 Å². The molecule has 0 spiro atoms. The van der Waals surface area contributed by atoms with Crippen LogP contribution < -0.4 is 0 Å². The van der Waals surface area contributed by atoms with Gasteiger partial charge in [-0.3, -0.25) is 4.79 Å². The zero-order valence-corrected chi connectivity index (χ0v) is 37.7. The minimum Gasteiger partial charge on any atom is -0.463 e. The molecule has 0 amide bonds. The molecule has 7 heteroatoms. The third kappa shape index (κ3) is 11.6. The van der Waals surface area contributed by atoms with E-state index in [-0.39, 0.29) is 24.1 Å². The molecule has 1 aliphatic heterocycles. The van der Waals surface area contributed by atoms with Crippen molar-refractivity contribution in [2.75, 3.05) is 6.61 Å². The van der Waals surface area contributed by atoms with Crippen LogP contribution in [0.2, 0.25) is 0 Å². The first-order chi connectivity index (χ1) is 27.8. The molecule has 4 aliphatic carbocycles. The third-order valence-corrected chi connectivity index (χ3v) is 16.0. The fourth-order valence-corrected chi connectivity index (χ4v) is 12.3. The van der Waals surface area contributed by atoms with Crippen molar-refractivity contribution in [1.29, 1.82) is 0 Å². The van der Waals surface area contributed by atoms with Crippen molar-refractivity contribution >= 4 is 5.97 Å². The third-order valence-electron chi connectivity index (χ3n) is 16.0. The molecule has 1 saturated heterocycles. The van der Waals surface area contributed by atoms with Crippen molar-refractivity contribution < 1.29 is 34.3 Å². The summed E-state index contributed by atoms with van der Waals surface area (Å²) in [5, 5.41) is 32.5. The van der Waals surface area contributed by atoms with Gasteiger partial charge in [-0.2, -0.15) is 0 Å². The van der Waals surface area contributed by atoms with Crippen LogP contribution in [-0.2, 0) is 19.0 Å². The van der Waals surface area contributed by atoms with E-state index in [1.807, 2.05) is 0 Å². The van der Waals surface area contributed by atoms with Crippen molar-refractivity contribution in [3.05, 3.63) is 48.1 Å². The summed E-state index contributed by atoms with van der Waals surface area (Å²) >= 11 is 0. The first-order valence-electron chi connectivity index (χ1n) is 24.0. The normalized spacial score (nSPS) is 37.5. The largest absolute Gasteiger partial charge is 0.463 e. The van der Waals surface area contributed by atoms with E-state index in [0.717, 1.165) is 82.0 Å². The molecule has 0 bridgehead atoms. The van der Waals surface area contributed by atoms with Crippen molar-refractivity contribution in [2.45, 2.75) is 207 Å². The van der Waals surface area contributed by atoms with Crippen molar-refractivity contribution in [1.82, 2.24) is 0 Å². The summed E-state index contributed by atoms with van der Waals surface area (Å²) in [7, 11) is 0. The minimum absolute atomic E-state index is 0.152. The second-order valence-corrected chi connectivity index (χ2v) is 20.0. The average molecular weight is 809 g/mol. The molecule has 330 valence electrons. The van der Waals surface area contributed by atoms with Gasteiger partial charge in [0.05, 0.1) is 6.10 Å². The summed E-state index contributed by atoms with van der Waals surface area (Å²) in [6.07, 6.45) is 30.4. The van der Waals surface area contributed by atoms with E-state index < -0.39 is 30.7 Å². The molecule has 1 heterocycles. The van der Waals surface area contributed by atoms with E-state index in [0.29, 0.717) is 35.5 Å². The summed E-state index contributed by atoms with van der Waals surface area (Å²) in [6.45, 7) is 16.7. The zero-order valence-electron chi connectivity index (χ0n) is 37.7. The van der Waals surface area contributed by atoms with Gasteiger partial charge in [0.1, 0.15) is 31.0 Å². The molecule has 5 aliphatic rings. The highest BCUT2D eigenvalue weighted by atomic mass is 16.7. The Kier molecular flexibility index (Phi) is 18.2. The van der Waals surface area contributed by atoms with Gasteiger partial charge in [0.15, 0.2) is 6.29 Å². The molecule has 0 aromatic heterocycles. The summed E-state index contributed by atoms with van der Waals surface area (Å²) in [5.74, 6) is 4.57. The van der Waals surface area contributed by atoms with Crippen LogP contribution in [0.5, 0.6) is 0 Å². The minimum atomic E-state index is -1.45. The van der Waals surface area contributed by atoms with Crippen molar-refractivity contribution in [3.8, 4) is 0 Å². The first kappa shape index (κ1) is 47.3. The predicted molar refractivity (Wildman–Crippen MR) is 235 cm³/mol. The maximum absolute atomic E-state index is 12.6. The number of allylic oxidation sites excluding steroid dienone is 7. The number of fused-ring (bicyclic) bond motifs is 5. The maximum atomic E-state index is 12.6. The Morgan fingerprint density at radius 1 is 0.862 bits per heavy atom. The van der Waals surface area contributed by atoms with Crippen molar-refractivity contribution in [2.24, 2.45) is 52.3 Å². The summed E-state index contributed by atoms with van der Waals surface area (Å²) in [4.78, 5) is 12.6. The average Bonchev–Trinajstić information content (AvgIpc) is 3.56. The van der Waals surface area contributed by atoms with E-state index in [1.54, 1.807) is 0 Å². The predicted octanol–water partition coefficient (Wildman–Crippen LogP) is 11.2. The number of rotatable bonds is 21. The number of hydrogen-bond acceptors (Lipinski definition) is 7. The quantitative estimate of drug-likeness (QED) is 0.0602. The number of carbonyl (C=O) groups is 1. The molecule has 0 aromatic carbocycles. The number of unbranched alkanes of at least 4 members (excludes halogenated alkanes) is 6. The van der Waals surface area contributed by atoms with Gasteiger partial charge in [-0.1, -0.05) is 116 Å². The molecule has 0 radical (unpaired) electrons. The molecule has 14 atom stereocenters. The lowest BCUT2D eigenvalue weighted by Crippen LogP contribution is -2.60. The van der Waals surface area contributed by atoms with Gasteiger partial charge in [0.2, 0.25) is 0 Å². The van der Waals surface area contributed by atoms with Gasteiger partial charge in [-0.25, -0.2) is 0 Å². The van der Waals surface area contributed by atoms with Crippen LogP contribution in [0.3, 0.4) is 0 Å². The highest BCUT2D eigenvalue weighted by Gasteiger charge is 2.59. The number of aliphatic hydroxyl groups is 3. The fourth-order valence-electron chi connectivity index (χ4n) is 12.3. The molecular weight excluding hydrogens is 725 g/mol. The van der Waals surface area contributed by atoms with E-state index in [1.165, 1.54) is 56.9 Å². The molecule has 58 heavy (non-hydrogen) atoms. The topological polar surface area (TPSA) is 105 Å². The molecule has 7 nitrogen and oxygen atoms in total. The van der Waals surface area contributed by atoms with Gasteiger partial charge in [-0.15, -0.1) is 0 Å². The van der Waals surface area contributed by atoms with Crippen LogP contribution in [0.15, 0.2) is 48.1 Å². The molecule has 5 rings (SSSR count). The molecule has 3 N–H and O–H groups in total. The smallest absolute Gasteiger partial charge is 0.305 e. The molecule has 3 saturated carbocycles. The van der Waals surface area contributed by atoms with Crippen LogP contribution in [-0.4, -0.2) is 64.7 Å². The van der Waals surface area contributed by atoms with Gasteiger partial charge in [-0.05, 0) is 149 Å². The summed E-state index contributed by atoms with van der Waals surface area (Å²) in [6, 6.07) is 0. The van der Waals surface area contributed by atoms with Gasteiger partial charge in [0, 0.05) is 6.42 Å². The number of aliphatic hydroxyl groups excluding tert-OH is 3. The van der Waals surface area contributed by atoms with E-state index in [2.05, 4.69) is 91.0 Å². The summed E-state index contributed by atoms with van der Waals surface area (Å²) < 4.78 is 18.0.